The van der Waals surface area contributed by atoms with Gasteiger partial charge in [0.25, 0.3) is 5.91 Å². The third kappa shape index (κ3) is 6.26. The molecule has 0 saturated carbocycles. The van der Waals surface area contributed by atoms with Gasteiger partial charge in [0.05, 0.1) is 27.8 Å². The summed E-state index contributed by atoms with van der Waals surface area (Å²) >= 11 is 0. The van der Waals surface area contributed by atoms with Crippen LogP contribution in [0.5, 0.6) is 17.2 Å². The van der Waals surface area contributed by atoms with Crippen molar-refractivity contribution in [2.24, 2.45) is 0 Å². The number of methoxy groups -OCH3 is 3. The SMILES string of the molecule is COc1ccc(CC(=O)OC(C(=O)Nc2ccc(OC)c(OC)c2)c2ccc(C)cc2)cc1. The van der Waals surface area contributed by atoms with Crippen molar-refractivity contribution in [2.45, 2.75) is 19.4 Å². The monoisotopic (exact) mass is 449 g/mol. The molecule has 33 heavy (non-hydrogen) atoms. The molecule has 0 aliphatic carbocycles. The van der Waals surface area contributed by atoms with E-state index in [0.29, 0.717) is 28.5 Å². The van der Waals surface area contributed by atoms with Gasteiger partial charge in [-0.15, -0.1) is 0 Å². The Kier molecular flexibility index (Phi) is 7.91. The number of amides is 1. The minimum Gasteiger partial charge on any atom is -0.497 e. The fourth-order valence-corrected chi connectivity index (χ4v) is 3.22. The molecule has 0 aromatic heterocycles. The van der Waals surface area contributed by atoms with Gasteiger partial charge in [-0.05, 0) is 36.8 Å². The van der Waals surface area contributed by atoms with Crippen LogP contribution in [-0.2, 0) is 20.7 Å². The van der Waals surface area contributed by atoms with E-state index in [0.717, 1.165) is 11.1 Å². The van der Waals surface area contributed by atoms with Gasteiger partial charge in [-0.1, -0.05) is 42.0 Å². The summed E-state index contributed by atoms with van der Waals surface area (Å²) in [4.78, 5) is 25.8. The van der Waals surface area contributed by atoms with E-state index in [2.05, 4.69) is 5.32 Å². The smallest absolute Gasteiger partial charge is 0.311 e. The molecule has 7 nitrogen and oxygen atoms in total. The van der Waals surface area contributed by atoms with E-state index >= 15 is 0 Å². The lowest BCUT2D eigenvalue weighted by molar-refractivity contribution is -0.154. The molecule has 3 rings (SSSR count). The number of nitrogens with one attached hydrogen (secondary N) is 1. The number of aryl methyl sites for hydroxylation is 1. The second-order valence-corrected chi connectivity index (χ2v) is 7.36. The third-order valence-electron chi connectivity index (χ3n) is 5.03. The summed E-state index contributed by atoms with van der Waals surface area (Å²) in [6.07, 6.45) is -1.10. The maximum absolute atomic E-state index is 13.1. The van der Waals surface area contributed by atoms with Gasteiger partial charge in [0.1, 0.15) is 5.75 Å². The number of ether oxygens (including phenoxy) is 4. The molecule has 3 aromatic carbocycles. The lowest BCUT2D eigenvalue weighted by Gasteiger charge is -2.19. The summed E-state index contributed by atoms with van der Waals surface area (Å²) in [6.45, 7) is 1.94. The van der Waals surface area contributed by atoms with Gasteiger partial charge in [-0.3, -0.25) is 9.59 Å². The van der Waals surface area contributed by atoms with Crippen molar-refractivity contribution in [3.63, 3.8) is 0 Å². The molecule has 3 aromatic rings. The van der Waals surface area contributed by atoms with Crippen LogP contribution in [0.2, 0.25) is 0 Å². The van der Waals surface area contributed by atoms with Gasteiger partial charge in [-0.25, -0.2) is 0 Å². The first-order valence-electron chi connectivity index (χ1n) is 10.4. The van der Waals surface area contributed by atoms with Gasteiger partial charge in [0.15, 0.2) is 11.5 Å². The van der Waals surface area contributed by atoms with E-state index in [-0.39, 0.29) is 6.42 Å². The molecular weight excluding hydrogens is 422 g/mol. The Bertz CT molecular complexity index is 1090. The lowest BCUT2D eigenvalue weighted by atomic mass is 10.1. The highest BCUT2D eigenvalue weighted by Gasteiger charge is 2.25. The summed E-state index contributed by atoms with van der Waals surface area (Å²) in [5.74, 6) is 0.705. The van der Waals surface area contributed by atoms with Crippen molar-refractivity contribution in [3.05, 3.63) is 83.4 Å². The molecule has 0 fully saturated rings. The lowest BCUT2D eigenvalue weighted by Crippen LogP contribution is -2.26. The summed E-state index contributed by atoms with van der Waals surface area (Å²) in [6, 6.07) is 19.4. The zero-order valence-electron chi connectivity index (χ0n) is 19.1. The Morgan fingerprint density at radius 3 is 2.09 bits per heavy atom. The van der Waals surface area contributed by atoms with Crippen molar-refractivity contribution in [2.75, 3.05) is 26.6 Å². The maximum atomic E-state index is 13.1. The van der Waals surface area contributed by atoms with Crippen molar-refractivity contribution >= 4 is 17.6 Å². The zero-order valence-corrected chi connectivity index (χ0v) is 19.1. The molecular formula is C26H27NO6. The molecule has 0 saturated heterocycles. The maximum Gasteiger partial charge on any atom is 0.311 e. The third-order valence-corrected chi connectivity index (χ3v) is 5.03. The van der Waals surface area contributed by atoms with Gasteiger partial charge < -0.3 is 24.3 Å². The molecule has 0 heterocycles. The number of esters is 1. The highest BCUT2D eigenvalue weighted by molar-refractivity contribution is 5.96. The fourth-order valence-electron chi connectivity index (χ4n) is 3.22. The summed E-state index contributed by atoms with van der Waals surface area (Å²) in [5, 5.41) is 2.80. The van der Waals surface area contributed by atoms with Crippen molar-refractivity contribution in [1.82, 2.24) is 0 Å². The predicted octanol–water partition coefficient (Wildman–Crippen LogP) is 4.49. The largest absolute Gasteiger partial charge is 0.497 e. The van der Waals surface area contributed by atoms with Crippen LogP contribution >= 0.6 is 0 Å². The highest BCUT2D eigenvalue weighted by Crippen LogP contribution is 2.30. The van der Waals surface area contributed by atoms with Crippen LogP contribution in [0.25, 0.3) is 0 Å². The topological polar surface area (TPSA) is 83.1 Å². The highest BCUT2D eigenvalue weighted by atomic mass is 16.5. The predicted molar refractivity (Wildman–Crippen MR) is 125 cm³/mol. The molecule has 1 N–H and O–H groups in total. The minimum absolute atomic E-state index is 0.0238. The normalized spacial score (nSPS) is 11.3. The van der Waals surface area contributed by atoms with Crippen molar-refractivity contribution in [1.29, 1.82) is 0 Å². The number of hydrogen-bond acceptors (Lipinski definition) is 6. The van der Waals surface area contributed by atoms with E-state index in [1.54, 1.807) is 61.7 Å². The molecule has 172 valence electrons. The van der Waals surface area contributed by atoms with Crippen LogP contribution in [0.1, 0.15) is 22.8 Å². The van der Waals surface area contributed by atoms with Crippen LogP contribution in [0.15, 0.2) is 66.7 Å². The zero-order chi connectivity index (χ0) is 23.8. The first-order chi connectivity index (χ1) is 15.9. The van der Waals surface area contributed by atoms with Crippen LogP contribution in [0, 0.1) is 6.92 Å². The molecule has 1 atom stereocenters. The van der Waals surface area contributed by atoms with E-state index in [1.165, 1.54) is 14.2 Å². The van der Waals surface area contributed by atoms with Gasteiger partial charge >= 0.3 is 5.97 Å². The van der Waals surface area contributed by atoms with E-state index in [4.69, 9.17) is 18.9 Å². The van der Waals surface area contributed by atoms with E-state index < -0.39 is 18.0 Å². The molecule has 0 spiro atoms. The molecule has 0 aliphatic rings. The number of hydrogen-bond donors (Lipinski definition) is 1. The van der Waals surface area contributed by atoms with Crippen molar-refractivity contribution < 1.29 is 28.5 Å². The molecule has 0 aliphatic heterocycles. The quantitative estimate of drug-likeness (QED) is 0.485. The second-order valence-electron chi connectivity index (χ2n) is 7.36. The summed E-state index contributed by atoms with van der Waals surface area (Å²) in [7, 11) is 4.62. The standard InChI is InChI=1S/C26H27NO6/c1-17-5-9-19(10-6-17)25(33-24(28)15-18-7-12-21(30-2)13-8-18)26(29)27-20-11-14-22(31-3)23(16-20)32-4/h5-14,16,25H,15H2,1-4H3,(H,27,29). The van der Waals surface area contributed by atoms with E-state index in [9.17, 15) is 9.59 Å². The Labute approximate surface area is 193 Å². The summed E-state index contributed by atoms with van der Waals surface area (Å²) < 4.78 is 21.3. The van der Waals surface area contributed by atoms with Gasteiger partial charge in [0, 0.05) is 17.3 Å². The number of anilines is 1. The number of carbonyl (C=O) groups is 2. The molecule has 0 bridgehead atoms. The molecule has 1 unspecified atom stereocenters. The van der Waals surface area contributed by atoms with E-state index in [1.807, 2.05) is 19.1 Å². The minimum atomic E-state index is -1.12. The first-order valence-corrected chi connectivity index (χ1v) is 10.4. The van der Waals surface area contributed by atoms with Gasteiger partial charge in [0.2, 0.25) is 6.10 Å². The number of carbonyl (C=O) groups excluding carboxylic acids is 2. The average Bonchev–Trinajstić information content (AvgIpc) is 2.83. The van der Waals surface area contributed by atoms with Crippen LogP contribution in [0.3, 0.4) is 0 Å². The second kappa shape index (κ2) is 11.0. The molecule has 0 radical (unpaired) electrons. The van der Waals surface area contributed by atoms with Crippen LogP contribution in [-0.4, -0.2) is 33.2 Å². The van der Waals surface area contributed by atoms with Crippen LogP contribution in [0.4, 0.5) is 5.69 Å². The summed E-state index contributed by atoms with van der Waals surface area (Å²) in [5.41, 5.74) is 2.84. The Morgan fingerprint density at radius 2 is 1.48 bits per heavy atom. The number of rotatable bonds is 9. The Morgan fingerprint density at radius 1 is 0.818 bits per heavy atom. The molecule has 7 heteroatoms. The molecule has 1 amide bonds. The Balaban J connectivity index is 1.79. The van der Waals surface area contributed by atoms with Crippen LogP contribution < -0.4 is 19.5 Å². The van der Waals surface area contributed by atoms with Crippen molar-refractivity contribution in [3.8, 4) is 17.2 Å². The fraction of sp³-hybridized carbons (Fsp3) is 0.231. The average molecular weight is 450 g/mol. The number of benzene rings is 3. The first kappa shape index (κ1) is 23.7. The van der Waals surface area contributed by atoms with Gasteiger partial charge in [-0.2, -0.15) is 0 Å². The Hall–Kier alpha value is -4.00.